The molecule has 0 saturated heterocycles. The van der Waals surface area contributed by atoms with Gasteiger partial charge >= 0.3 is 0 Å². The number of carbonyl (C=O) groups is 2. The molecule has 31 heavy (non-hydrogen) atoms. The lowest BCUT2D eigenvalue weighted by atomic mass is 10.0. The third-order valence-electron chi connectivity index (χ3n) is 4.60. The van der Waals surface area contributed by atoms with Gasteiger partial charge in [-0.1, -0.05) is 41.4 Å². The smallest absolute Gasteiger partial charge is 0.227 e. The zero-order valence-electron chi connectivity index (χ0n) is 17.1. The highest BCUT2D eigenvalue weighted by atomic mass is 35.5. The first-order chi connectivity index (χ1) is 14.9. The lowest BCUT2D eigenvalue weighted by Crippen LogP contribution is -2.30. The van der Waals surface area contributed by atoms with Crippen molar-refractivity contribution >= 4 is 40.8 Å². The van der Waals surface area contributed by atoms with Gasteiger partial charge in [-0.25, -0.2) is 4.68 Å². The lowest BCUT2D eigenvalue weighted by molar-refractivity contribution is -0.120. The molecule has 3 rings (SSSR count). The van der Waals surface area contributed by atoms with E-state index in [4.69, 9.17) is 27.9 Å². The Bertz CT molecular complexity index is 1070. The predicted molar refractivity (Wildman–Crippen MR) is 121 cm³/mol. The molecule has 0 fully saturated rings. The molecule has 1 heterocycles. The second kappa shape index (κ2) is 10.3. The minimum Gasteiger partial charge on any atom is -0.497 e. The number of halogens is 2. The van der Waals surface area contributed by atoms with E-state index >= 15 is 0 Å². The molecule has 3 aromatic rings. The minimum atomic E-state index is -0.481. The molecule has 1 atom stereocenters. The Labute approximate surface area is 190 Å². The van der Waals surface area contributed by atoms with E-state index in [1.54, 1.807) is 48.3 Å². The van der Waals surface area contributed by atoms with Crippen LogP contribution in [0.1, 0.15) is 30.5 Å². The molecule has 9 heteroatoms. The SMILES string of the molecule is COc1ccc(C(CC(=O)Nc2ccnn2Cc2ccc(Cl)cc2Cl)NC(C)=O)cc1. The van der Waals surface area contributed by atoms with Crippen LogP contribution < -0.4 is 15.4 Å². The van der Waals surface area contributed by atoms with E-state index in [1.807, 2.05) is 18.2 Å². The Kier molecular flexibility index (Phi) is 7.55. The van der Waals surface area contributed by atoms with E-state index in [0.717, 1.165) is 11.1 Å². The Morgan fingerprint density at radius 1 is 1.13 bits per heavy atom. The molecule has 162 valence electrons. The number of amides is 2. The van der Waals surface area contributed by atoms with E-state index in [1.165, 1.54) is 6.92 Å². The first-order valence-electron chi connectivity index (χ1n) is 9.52. The van der Waals surface area contributed by atoms with Crippen molar-refractivity contribution in [2.24, 2.45) is 0 Å². The number of rotatable bonds is 8. The van der Waals surface area contributed by atoms with Crippen molar-refractivity contribution in [3.05, 3.63) is 75.9 Å². The molecule has 0 saturated carbocycles. The maximum atomic E-state index is 12.7. The summed E-state index contributed by atoms with van der Waals surface area (Å²) in [5.41, 5.74) is 1.62. The van der Waals surface area contributed by atoms with Crippen molar-refractivity contribution in [3.8, 4) is 5.75 Å². The van der Waals surface area contributed by atoms with Gasteiger partial charge in [0.25, 0.3) is 0 Å². The van der Waals surface area contributed by atoms with Gasteiger partial charge in [0, 0.05) is 23.0 Å². The van der Waals surface area contributed by atoms with Gasteiger partial charge in [-0.3, -0.25) is 9.59 Å². The molecule has 1 unspecified atom stereocenters. The average Bonchev–Trinajstić information content (AvgIpc) is 3.15. The minimum absolute atomic E-state index is 0.0544. The van der Waals surface area contributed by atoms with E-state index < -0.39 is 6.04 Å². The van der Waals surface area contributed by atoms with Crippen LogP contribution in [0.2, 0.25) is 10.0 Å². The summed E-state index contributed by atoms with van der Waals surface area (Å²) in [6.45, 7) is 1.78. The average molecular weight is 461 g/mol. The summed E-state index contributed by atoms with van der Waals surface area (Å²) in [6, 6.07) is 13.6. The molecule has 7 nitrogen and oxygen atoms in total. The standard InChI is InChI=1S/C22H22Cl2N4O3/c1-14(29)26-20(15-4-7-18(31-2)8-5-15)12-22(30)27-21-9-10-25-28(21)13-16-3-6-17(23)11-19(16)24/h3-11,20H,12-13H2,1-2H3,(H,26,29)(H,27,30). The predicted octanol–water partition coefficient (Wildman–Crippen LogP) is 4.45. The van der Waals surface area contributed by atoms with Gasteiger partial charge in [0.15, 0.2) is 0 Å². The number of nitrogens with zero attached hydrogens (tertiary/aromatic N) is 2. The maximum absolute atomic E-state index is 12.7. The van der Waals surface area contributed by atoms with Gasteiger partial charge in [0.1, 0.15) is 11.6 Å². The molecule has 0 aliphatic rings. The van der Waals surface area contributed by atoms with Crippen LogP contribution in [0.3, 0.4) is 0 Å². The monoisotopic (exact) mass is 460 g/mol. The normalized spacial score (nSPS) is 11.6. The lowest BCUT2D eigenvalue weighted by Gasteiger charge is -2.19. The largest absolute Gasteiger partial charge is 0.497 e. The third kappa shape index (κ3) is 6.23. The van der Waals surface area contributed by atoms with E-state index in [-0.39, 0.29) is 18.2 Å². The van der Waals surface area contributed by atoms with Crippen molar-refractivity contribution in [3.63, 3.8) is 0 Å². The summed E-state index contributed by atoms with van der Waals surface area (Å²) in [5, 5.41) is 11.0. The van der Waals surface area contributed by atoms with Gasteiger partial charge in [0.05, 0.1) is 32.3 Å². The Morgan fingerprint density at radius 3 is 2.52 bits per heavy atom. The number of hydrogen-bond donors (Lipinski definition) is 2. The molecule has 0 aliphatic carbocycles. The topological polar surface area (TPSA) is 85.2 Å². The maximum Gasteiger partial charge on any atom is 0.227 e. The Hall–Kier alpha value is -3.03. The molecule has 2 N–H and O–H groups in total. The summed E-state index contributed by atoms with van der Waals surface area (Å²) < 4.78 is 6.80. The summed E-state index contributed by atoms with van der Waals surface area (Å²) in [7, 11) is 1.58. The molecular formula is C22H22Cl2N4O3. The van der Waals surface area contributed by atoms with Crippen molar-refractivity contribution < 1.29 is 14.3 Å². The summed E-state index contributed by atoms with van der Waals surface area (Å²) in [5.74, 6) is 0.724. The fourth-order valence-electron chi connectivity index (χ4n) is 3.09. The van der Waals surface area contributed by atoms with E-state index in [0.29, 0.717) is 28.2 Å². The van der Waals surface area contributed by atoms with Gasteiger partial charge in [0.2, 0.25) is 11.8 Å². The zero-order chi connectivity index (χ0) is 22.4. The number of nitrogens with one attached hydrogen (secondary N) is 2. The van der Waals surface area contributed by atoms with Crippen LogP contribution in [0, 0.1) is 0 Å². The second-order valence-corrected chi connectivity index (χ2v) is 7.73. The number of carbonyl (C=O) groups excluding carboxylic acids is 2. The first-order valence-corrected chi connectivity index (χ1v) is 10.3. The summed E-state index contributed by atoms with van der Waals surface area (Å²) in [6.07, 6.45) is 1.65. The third-order valence-corrected chi connectivity index (χ3v) is 5.19. The van der Waals surface area contributed by atoms with E-state index in [9.17, 15) is 9.59 Å². The summed E-state index contributed by atoms with van der Waals surface area (Å²) >= 11 is 12.2. The molecule has 2 amide bonds. The fraction of sp³-hybridized carbons (Fsp3) is 0.227. The molecule has 2 aromatic carbocycles. The molecule has 0 radical (unpaired) electrons. The van der Waals surface area contributed by atoms with Crippen molar-refractivity contribution in [1.29, 1.82) is 0 Å². The van der Waals surface area contributed by atoms with Gasteiger partial charge < -0.3 is 15.4 Å². The number of hydrogen-bond acceptors (Lipinski definition) is 4. The molecule has 1 aromatic heterocycles. The van der Waals surface area contributed by atoms with Crippen LogP contribution in [0.25, 0.3) is 0 Å². The number of ether oxygens (including phenoxy) is 1. The Balaban J connectivity index is 1.71. The second-order valence-electron chi connectivity index (χ2n) is 6.89. The van der Waals surface area contributed by atoms with Crippen molar-refractivity contribution in [2.75, 3.05) is 12.4 Å². The highest BCUT2D eigenvalue weighted by Crippen LogP contribution is 2.24. The molecule has 0 aliphatic heterocycles. The van der Waals surface area contributed by atoms with Crippen LogP contribution in [0.15, 0.2) is 54.7 Å². The van der Waals surface area contributed by atoms with Gasteiger partial charge in [-0.05, 0) is 35.4 Å². The number of anilines is 1. The molecule has 0 spiro atoms. The number of aromatic nitrogens is 2. The fourth-order valence-corrected chi connectivity index (χ4v) is 3.56. The highest BCUT2D eigenvalue weighted by molar-refractivity contribution is 6.35. The quantitative estimate of drug-likeness (QED) is 0.519. The molecule has 0 bridgehead atoms. The van der Waals surface area contributed by atoms with Crippen LogP contribution in [0.5, 0.6) is 5.75 Å². The Morgan fingerprint density at radius 2 is 1.87 bits per heavy atom. The van der Waals surface area contributed by atoms with Crippen molar-refractivity contribution in [2.45, 2.75) is 25.9 Å². The van der Waals surface area contributed by atoms with Crippen LogP contribution in [-0.2, 0) is 16.1 Å². The van der Waals surface area contributed by atoms with E-state index in [2.05, 4.69) is 15.7 Å². The first kappa shape index (κ1) is 22.7. The van der Waals surface area contributed by atoms with Crippen LogP contribution in [-0.4, -0.2) is 28.7 Å². The van der Waals surface area contributed by atoms with Gasteiger partial charge in [-0.2, -0.15) is 5.10 Å². The molecular weight excluding hydrogens is 439 g/mol. The van der Waals surface area contributed by atoms with Crippen LogP contribution >= 0.6 is 23.2 Å². The van der Waals surface area contributed by atoms with Crippen LogP contribution in [0.4, 0.5) is 5.82 Å². The zero-order valence-corrected chi connectivity index (χ0v) is 18.6. The van der Waals surface area contributed by atoms with Crippen molar-refractivity contribution in [1.82, 2.24) is 15.1 Å². The number of benzene rings is 2. The van der Waals surface area contributed by atoms with Gasteiger partial charge in [-0.15, -0.1) is 0 Å². The highest BCUT2D eigenvalue weighted by Gasteiger charge is 2.18. The summed E-state index contributed by atoms with van der Waals surface area (Å²) in [4.78, 5) is 24.4. The number of methoxy groups -OCH3 is 1.